The van der Waals surface area contributed by atoms with Crippen molar-refractivity contribution in [2.24, 2.45) is 0 Å². The summed E-state index contributed by atoms with van der Waals surface area (Å²) in [6, 6.07) is 9.30. The Morgan fingerprint density at radius 2 is 2.14 bits per heavy atom. The molecule has 3 nitrogen and oxygen atoms in total. The van der Waals surface area contributed by atoms with Crippen molar-refractivity contribution in [3.63, 3.8) is 0 Å². The summed E-state index contributed by atoms with van der Waals surface area (Å²) in [5.74, 6) is 0.0208. The molecule has 1 fully saturated rings. The van der Waals surface area contributed by atoms with E-state index in [1.54, 1.807) is 0 Å². The average Bonchev–Trinajstić information content (AvgIpc) is 2.69. The van der Waals surface area contributed by atoms with E-state index >= 15 is 0 Å². The van der Waals surface area contributed by atoms with Crippen molar-refractivity contribution < 1.29 is 9.90 Å². The third-order valence-electron chi connectivity index (χ3n) is 2.28. The van der Waals surface area contributed by atoms with E-state index in [-0.39, 0.29) is 0 Å². The van der Waals surface area contributed by atoms with Gasteiger partial charge in [0.2, 0.25) is 0 Å². The van der Waals surface area contributed by atoms with Crippen LogP contribution in [0.25, 0.3) is 0 Å². The fourth-order valence-corrected chi connectivity index (χ4v) is 2.74. The summed E-state index contributed by atoms with van der Waals surface area (Å²) >= 11 is 1.44. The number of carboxylic acid groups (broad SMARTS) is 1. The van der Waals surface area contributed by atoms with Gasteiger partial charge >= 0.3 is 5.97 Å². The number of rotatable bonds is 2. The molecule has 2 N–H and O–H groups in total. The molecule has 0 saturated carbocycles. The number of hydrogen-bond donors (Lipinski definition) is 2. The van der Waals surface area contributed by atoms with Gasteiger partial charge in [0.25, 0.3) is 0 Å². The number of carbonyl (C=O) groups is 1. The molecule has 0 aliphatic carbocycles. The molecule has 0 spiro atoms. The fraction of sp³-hybridized carbons (Fsp3) is 0.300. The van der Waals surface area contributed by atoms with Gasteiger partial charge in [0, 0.05) is 12.3 Å². The Morgan fingerprint density at radius 1 is 1.43 bits per heavy atom. The maximum absolute atomic E-state index is 11.2. The number of carboxylic acids is 1. The Balaban J connectivity index is 2.42. The van der Waals surface area contributed by atoms with Crippen molar-refractivity contribution in [2.75, 3.05) is 12.3 Å². The molecule has 0 aromatic heterocycles. The zero-order valence-electron chi connectivity index (χ0n) is 7.56. The van der Waals surface area contributed by atoms with Crippen LogP contribution >= 0.6 is 11.8 Å². The highest BCUT2D eigenvalue weighted by Crippen LogP contribution is 2.37. The third-order valence-corrected chi connectivity index (χ3v) is 3.67. The first kappa shape index (κ1) is 9.55. The molecule has 1 heterocycles. The van der Waals surface area contributed by atoms with Crippen molar-refractivity contribution in [1.29, 1.82) is 0 Å². The van der Waals surface area contributed by atoms with Gasteiger partial charge in [-0.15, -0.1) is 11.8 Å². The summed E-state index contributed by atoms with van der Waals surface area (Å²) in [6.45, 7) is 0.742. The van der Waals surface area contributed by atoms with Crippen LogP contribution in [0.3, 0.4) is 0 Å². The lowest BCUT2D eigenvalue weighted by Crippen LogP contribution is -2.42. The highest BCUT2D eigenvalue weighted by atomic mass is 32.2. The summed E-state index contributed by atoms with van der Waals surface area (Å²) in [4.78, 5) is 10.3. The SMILES string of the molecule is O=C(O)[C@@]1(c2ccccc2)NCCS1. The van der Waals surface area contributed by atoms with Crippen LogP contribution in [-0.2, 0) is 9.67 Å². The molecule has 1 aliphatic rings. The second-order valence-corrected chi connectivity index (χ2v) is 4.44. The molecular weight excluding hydrogens is 198 g/mol. The molecule has 0 bridgehead atoms. The minimum Gasteiger partial charge on any atom is -0.479 e. The molecular formula is C10H11NO2S. The molecule has 0 radical (unpaired) electrons. The minimum atomic E-state index is -0.929. The van der Waals surface area contributed by atoms with Gasteiger partial charge in [-0.3, -0.25) is 5.32 Å². The maximum atomic E-state index is 11.2. The van der Waals surface area contributed by atoms with E-state index in [1.807, 2.05) is 30.3 Å². The lowest BCUT2D eigenvalue weighted by Gasteiger charge is -2.23. The van der Waals surface area contributed by atoms with Crippen LogP contribution in [0, 0.1) is 0 Å². The first-order chi connectivity index (χ1) is 6.76. The zero-order chi connectivity index (χ0) is 10.0. The summed E-state index contributed by atoms with van der Waals surface area (Å²) in [7, 11) is 0. The van der Waals surface area contributed by atoms with Crippen LogP contribution in [0.5, 0.6) is 0 Å². The predicted molar refractivity (Wildman–Crippen MR) is 56.2 cm³/mol. The van der Waals surface area contributed by atoms with Crippen molar-refractivity contribution in [2.45, 2.75) is 4.87 Å². The van der Waals surface area contributed by atoms with Gasteiger partial charge in [-0.25, -0.2) is 4.79 Å². The summed E-state index contributed by atoms with van der Waals surface area (Å²) in [5.41, 5.74) is 0.815. The topological polar surface area (TPSA) is 49.3 Å². The fourth-order valence-electron chi connectivity index (χ4n) is 1.60. The summed E-state index contributed by atoms with van der Waals surface area (Å²) in [5, 5.41) is 12.3. The minimum absolute atomic E-state index is 0.742. The van der Waals surface area contributed by atoms with Gasteiger partial charge in [-0.05, 0) is 5.56 Å². The van der Waals surface area contributed by atoms with Gasteiger partial charge in [0.1, 0.15) is 0 Å². The van der Waals surface area contributed by atoms with Crippen LogP contribution < -0.4 is 5.32 Å². The Bertz CT molecular complexity index is 333. The summed E-state index contributed by atoms with van der Waals surface area (Å²) in [6.07, 6.45) is 0. The number of thioether (sulfide) groups is 1. The number of nitrogens with one attached hydrogen (secondary N) is 1. The lowest BCUT2D eigenvalue weighted by molar-refractivity contribution is -0.140. The largest absolute Gasteiger partial charge is 0.479 e. The molecule has 1 saturated heterocycles. The molecule has 74 valence electrons. The van der Waals surface area contributed by atoms with E-state index < -0.39 is 10.8 Å². The van der Waals surface area contributed by atoms with Crippen LogP contribution in [0.4, 0.5) is 0 Å². The monoisotopic (exact) mass is 209 g/mol. The van der Waals surface area contributed by atoms with Gasteiger partial charge in [-0.1, -0.05) is 30.3 Å². The van der Waals surface area contributed by atoms with Gasteiger partial charge in [0.15, 0.2) is 4.87 Å². The Labute approximate surface area is 86.5 Å². The van der Waals surface area contributed by atoms with E-state index in [1.165, 1.54) is 11.8 Å². The lowest BCUT2D eigenvalue weighted by atomic mass is 10.1. The summed E-state index contributed by atoms with van der Waals surface area (Å²) < 4.78 is 0. The molecule has 1 atom stereocenters. The number of hydrogen-bond acceptors (Lipinski definition) is 3. The van der Waals surface area contributed by atoms with Crippen LogP contribution in [-0.4, -0.2) is 23.4 Å². The van der Waals surface area contributed by atoms with Crippen LogP contribution in [0.15, 0.2) is 30.3 Å². The van der Waals surface area contributed by atoms with Crippen molar-refractivity contribution in [3.8, 4) is 0 Å². The zero-order valence-corrected chi connectivity index (χ0v) is 8.38. The van der Waals surface area contributed by atoms with E-state index in [0.29, 0.717) is 0 Å². The first-order valence-electron chi connectivity index (χ1n) is 4.43. The van der Waals surface area contributed by atoms with Crippen molar-refractivity contribution >= 4 is 17.7 Å². The average molecular weight is 209 g/mol. The van der Waals surface area contributed by atoms with Crippen LogP contribution in [0.2, 0.25) is 0 Å². The second kappa shape index (κ2) is 3.63. The van der Waals surface area contributed by atoms with E-state index in [4.69, 9.17) is 0 Å². The van der Waals surface area contributed by atoms with E-state index in [2.05, 4.69) is 5.32 Å². The maximum Gasteiger partial charge on any atom is 0.339 e. The Kier molecular flexibility index (Phi) is 2.48. The molecule has 1 aromatic carbocycles. The van der Waals surface area contributed by atoms with E-state index in [0.717, 1.165) is 17.9 Å². The molecule has 14 heavy (non-hydrogen) atoms. The van der Waals surface area contributed by atoms with Crippen LogP contribution in [0.1, 0.15) is 5.56 Å². The molecule has 4 heteroatoms. The molecule has 0 amide bonds. The van der Waals surface area contributed by atoms with Gasteiger partial charge < -0.3 is 5.11 Å². The number of benzene rings is 1. The smallest absolute Gasteiger partial charge is 0.339 e. The first-order valence-corrected chi connectivity index (χ1v) is 5.42. The third kappa shape index (κ3) is 1.40. The number of aliphatic carboxylic acids is 1. The van der Waals surface area contributed by atoms with Crippen molar-refractivity contribution in [1.82, 2.24) is 5.32 Å². The molecule has 1 aliphatic heterocycles. The Hall–Kier alpha value is -1.00. The highest BCUT2D eigenvalue weighted by Gasteiger charge is 2.43. The second-order valence-electron chi connectivity index (χ2n) is 3.13. The Morgan fingerprint density at radius 3 is 2.64 bits per heavy atom. The highest BCUT2D eigenvalue weighted by molar-refractivity contribution is 8.01. The quantitative estimate of drug-likeness (QED) is 0.770. The van der Waals surface area contributed by atoms with Crippen molar-refractivity contribution in [3.05, 3.63) is 35.9 Å². The van der Waals surface area contributed by atoms with E-state index in [9.17, 15) is 9.90 Å². The standard InChI is InChI=1S/C10H11NO2S/c12-9(13)10(11-6-7-14-10)8-4-2-1-3-5-8/h1-5,11H,6-7H2,(H,12,13)/t10-/m0/s1. The van der Waals surface area contributed by atoms with Gasteiger partial charge in [0.05, 0.1) is 0 Å². The molecule has 1 aromatic rings. The molecule has 0 unspecified atom stereocenters. The normalized spacial score (nSPS) is 26.3. The van der Waals surface area contributed by atoms with Gasteiger partial charge in [-0.2, -0.15) is 0 Å². The predicted octanol–water partition coefficient (Wildman–Crippen LogP) is 1.26. The molecule has 2 rings (SSSR count).